The second-order valence-electron chi connectivity index (χ2n) is 11.2. The van der Waals surface area contributed by atoms with Crippen molar-refractivity contribution in [1.29, 1.82) is 0 Å². The molecular formula is C30H43ClN2O. The normalized spacial score (nSPS) is 27.9. The molecule has 4 heteroatoms. The van der Waals surface area contributed by atoms with Crippen molar-refractivity contribution in [3.05, 3.63) is 46.3 Å². The maximum atomic E-state index is 6.52. The predicted molar refractivity (Wildman–Crippen MR) is 142 cm³/mol. The molecule has 0 saturated heterocycles. The van der Waals surface area contributed by atoms with Crippen LogP contribution in [0.1, 0.15) is 105 Å². The lowest BCUT2D eigenvalue weighted by atomic mass is 9.49. The number of hydrogen-bond acceptors (Lipinski definition) is 3. The standard InChI is InChI=1S/C30H43ClN2O/c1-7-10-21(6)29(9-3)18-19-30(17-16-24(20(4)5)26(30)25(29)11-8-2)28-33-32-27(34-28)22-12-14-23(31)15-13-22/h12-15,20-21,25H,7-11,16-19H2,1-6H3. The number of rotatable bonds is 9. The van der Waals surface area contributed by atoms with Gasteiger partial charge in [0.25, 0.3) is 0 Å². The molecular weight excluding hydrogens is 440 g/mol. The molecule has 3 nitrogen and oxygen atoms in total. The third-order valence-electron chi connectivity index (χ3n) is 9.30. The fourth-order valence-corrected chi connectivity index (χ4v) is 7.63. The maximum absolute atomic E-state index is 6.52. The van der Waals surface area contributed by atoms with Gasteiger partial charge in [0.05, 0.1) is 5.41 Å². The predicted octanol–water partition coefficient (Wildman–Crippen LogP) is 9.42. The van der Waals surface area contributed by atoms with Crippen molar-refractivity contribution in [3.8, 4) is 11.5 Å². The van der Waals surface area contributed by atoms with Gasteiger partial charge in [-0.3, -0.25) is 0 Å². The molecule has 0 amide bonds. The average molecular weight is 483 g/mol. The number of allylic oxidation sites excluding steroid dienone is 2. The van der Waals surface area contributed by atoms with Crippen molar-refractivity contribution in [2.75, 3.05) is 0 Å². The van der Waals surface area contributed by atoms with Crippen molar-refractivity contribution in [2.45, 2.75) is 105 Å². The number of aromatic nitrogens is 2. The van der Waals surface area contributed by atoms with Crippen LogP contribution in [0.15, 0.2) is 39.8 Å². The Bertz CT molecular complexity index is 1010. The summed E-state index contributed by atoms with van der Waals surface area (Å²) in [6.07, 6.45) is 11.0. The second kappa shape index (κ2) is 10.2. The van der Waals surface area contributed by atoms with Gasteiger partial charge in [0.2, 0.25) is 11.8 Å². The van der Waals surface area contributed by atoms with E-state index in [1.165, 1.54) is 38.5 Å². The highest BCUT2D eigenvalue weighted by atomic mass is 35.5. The van der Waals surface area contributed by atoms with E-state index in [1.54, 1.807) is 11.1 Å². The van der Waals surface area contributed by atoms with Gasteiger partial charge in [-0.2, -0.15) is 0 Å². The Labute approximate surface area is 211 Å². The SMILES string of the molecule is CCCC(C)C1(CC)CCC2(c3nnc(-c4ccc(Cl)cc4)o3)CCC(C(C)C)=C2C1CCC. The van der Waals surface area contributed by atoms with Crippen molar-refractivity contribution in [3.63, 3.8) is 0 Å². The van der Waals surface area contributed by atoms with Crippen molar-refractivity contribution in [1.82, 2.24) is 10.2 Å². The Morgan fingerprint density at radius 1 is 1.00 bits per heavy atom. The molecule has 1 aromatic heterocycles. The third kappa shape index (κ3) is 4.16. The number of halogens is 1. The molecule has 0 aliphatic heterocycles. The van der Waals surface area contributed by atoms with Gasteiger partial charge in [-0.1, -0.05) is 83.6 Å². The van der Waals surface area contributed by atoms with Gasteiger partial charge >= 0.3 is 0 Å². The highest BCUT2D eigenvalue weighted by Crippen LogP contribution is 2.65. The van der Waals surface area contributed by atoms with Gasteiger partial charge in [-0.15, -0.1) is 10.2 Å². The first kappa shape index (κ1) is 25.5. The van der Waals surface area contributed by atoms with E-state index in [2.05, 4.69) is 46.6 Å². The summed E-state index contributed by atoms with van der Waals surface area (Å²) in [5, 5.41) is 9.98. The molecule has 0 bridgehead atoms. The van der Waals surface area contributed by atoms with Crippen LogP contribution in [0.4, 0.5) is 0 Å². The maximum Gasteiger partial charge on any atom is 0.247 e. The summed E-state index contributed by atoms with van der Waals surface area (Å²) in [7, 11) is 0. The van der Waals surface area contributed by atoms with Crippen LogP contribution in [0.3, 0.4) is 0 Å². The first-order valence-electron chi connectivity index (χ1n) is 13.7. The Morgan fingerprint density at radius 3 is 2.35 bits per heavy atom. The number of hydrogen-bond donors (Lipinski definition) is 0. The Morgan fingerprint density at radius 2 is 1.74 bits per heavy atom. The zero-order valence-electron chi connectivity index (χ0n) is 22.1. The third-order valence-corrected chi connectivity index (χ3v) is 9.56. The molecule has 1 heterocycles. The lowest BCUT2D eigenvalue weighted by molar-refractivity contribution is 0.0226. The molecule has 1 fully saturated rings. The molecule has 2 aromatic rings. The van der Waals surface area contributed by atoms with E-state index in [4.69, 9.17) is 21.1 Å². The van der Waals surface area contributed by atoms with E-state index in [1.807, 2.05) is 24.3 Å². The van der Waals surface area contributed by atoms with E-state index in [-0.39, 0.29) is 5.41 Å². The van der Waals surface area contributed by atoms with Crippen LogP contribution in [0, 0.1) is 23.2 Å². The largest absolute Gasteiger partial charge is 0.420 e. The lowest BCUT2D eigenvalue weighted by Crippen LogP contribution is -2.48. The van der Waals surface area contributed by atoms with E-state index in [0.717, 1.165) is 41.7 Å². The highest BCUT2D eigenvalue weighted by molar-refractivity contribution is 6.30. The zero-order chi connectivity index (χ0) is 24.5. The van der Waals surface area contributed by atoms with E-state index in [9.17, 15) is 0 Å². The smallest absolute Gasteiger partial charge is 0.247 e. The van der Waals surface area contributed by atoms with Gasteiger partial charge in [0.15, 0.2) is 0 Å². The van der Waals surface area contributed by atoms with Crippen LogP contribution in [-0.4, -0.2) is 10.2 Å². The first-order chi connectivity index (χ1) is 16.3. The molecule has 0 N–H and O–H groups in total. The van der Waals surface area contributed by atoms with Crippen LogP contribution in [0.25, 0.3) is 11.5 Å². The molecule has 186 valence electrons. The number of nitrogens with zero attached hydrogens (tertiary/aromatic N) is 2. The van der Waals surface area contributed by atoms with Gasteiger partial charge in [-0.25, -0.2) is 0 Å². The molecule has 4 atom stereocenters. The average Bonchev–Trinajstić information content (AvgIpc) is 3.46. The number of benzene rings is 1. The summed E-state index contributed by atoms with van der Waals surface area (Å²) in [5.74, 6) is 3.34. The Balaban J connectivity index is 1.83. The van der Waals surface area contributed by atoms with Crippen LogP contribution < -0.4 is 0 Å². The quantitative estimate of drug-likeness (QED) is 0.334. The molecule has 0 spiro atoms. The molecule has 4 unspecified atom stereocenters. The molecule has 0 radical (unpaired) electrons. The van der Waals surface area contributed by atoms with E-state index < -0.39 is 0 Å². The van der Waals surface area contributed by atoms with Gasteiger partial charge in [0, 0.05) is 10.6 Å². The minimum absolute atomic E-state index is 0.0955. The molecule has 1 saturated carbocycles. The van der Waals surface area contributed by atoms with Gasteiger partial charge < -0.3 is 4.42 Å². The van der Waals surface area contributed by atoms with Crippen molar-refractivity contribution < 1.29 is 4.42 Å². The fourth-order valence-electron chi connectivity index (χ4n) is 7.51. The van der Waals surface area contributed by atoms with E-state index >= 15 is 0 Å². The highest BCUT2D eigenvalue weighted by Gasteiger charge is 2.58. The van der Waals surface area contributed by atoms with Crippen LogP contribution in [0.5, 0.6) is 0 Å². The molecule has 1 aromatic carbocycles. The summed E-state index contributed by atoms with van der Waals surface area (Å²) < 4.78 is 6.52. The summed E-state index contributed by atoms with van der Waals surface area (Å²) in [5.41, 5.74) is 4.57. The number of fused-ring (bicyclic) bond motifs is 1. The van der Waals surface area contributed by atoms with E-state index in [0.29, 0.717) is 23.1 Å². The van der Waals surface area contributed by atoms with Crippen LogP contribution >= 0.6 is 11.6 Å². The van der Waals surface area contributed by atoms with Gasteiger partial charge in [-0.05, 0) is 86.0 Å². The Hall–Kier alpha value is -1.61. The van der Waals surface area contributed by atoms with Crippen molar-refractivity contribution >= 4 is 11.6 Å². The summed E-state index contributed by atoms with van der Waals surface area (Å²) >= 11 is 6.11. The monoisotopic (exact) mass is 482 g/mol. The first-order valence-corrected chi connectivity index (χ1v) is 14.0. The molecule has 2 aliphatic rings. The minimum atomic E-state index is -0.0955. The Kier molecular flexibility index (Phi) is 7.62. The lowest BCUT2D eigenvalue weighted by Gasteiger charge is -2.54. The van der Waals surface area contributed by atoms with Crippen molar-refractivity contribution in [2.24, 2.45) is 23.2 Å². The minimum Gasteiger partial charge on any atom is -0.420 e. The van der Waals surface area contributed by atoms with Gasteiger partial charge in [0.1, 0.15) is 0 Å². The molecule has 34 heavy (non-hydrogen) atoms. The topological polar surface area (TPSA) is 38.9 Å². The summed E-state index contributed by atoms with van der Waals surface area (Å²) in [4.78, 5) is 0. The van der Waals surface area contributed by atoms with Crippen LogP contribution in [0.2, 0.25) is 5.02 Å². The summed E-state index contributed by atoms with van der Waals surface area (Å²) in [6.45, 7) is 14.4. The summed E-state index contributed by atoms with van der Waals surface area (Å²) in [6, 6.07) is 7.72. The second-order valence-corrected chi connectivity index (χ2v) is 11.6. The van der Waals surface area contributed by atoms with Crippen LogP contribution in [-0.2, 0) is 5.41 Å². The fraction of sp³-hybridized carbons (Fsp3) is 0.667. The zero-order valence-corrected chi connectivity index (χ0v) is 22.8. The molecule has 4 rings (SSSR count). The molecule has 2 aliphatic carbocycles.